The Morgan fingerprint density at radius 2 is 1.83 bits per heavy atom. The molecule has 4 heteroatoms. The molecular formula is C14H12BrFOS. The van der Waals surface area contributed by atoms with E-state index in [9.17, 15) is 9.50 Å². The highest BCUT2D eigenvalue weighted by Crippen LogP contribution is 2.35. The highest BCUT2D eigenvalue weighted by atomic mass is 79.9. The van der Waals surface area contributed by atoms with Crippen molar-refractivity contribution in [3.63, 3.8) is 0 Å². The summed E-state index contributed by atoms with van der Waals surface area (Å²) < 4.78 is 14.7. The molecule has 0 saturated carbocycles. The molecule has 0 aliphatic heterocycles. The number of aliphatic hydroxyl groups is 1. The molecule has 2 rings (SSSR count). The lowest BCUT2D eigenvalue weighted by molar-refractivity contribution is 0.191. The maximum absolute atomic E-state index is 13.7. The fourth-order valence-corrected chi connectivity index (χ4v) is 2.96. The van der Waals surface area contributed by atoms with Gasteiger partial charge in [-0.2, -0.15) is 0 Å². The summed E-state index contributed by atoms with van der Waals surface area (Å²) in [7, 11) is 0. The van der Waals surface area contributed by atoms with Crippen LogP contribution in [0.3, 0.4) is 0 Å². The first-order valence-corrected chi connectivity index (χ1v) is 7.09. The van der Waals surface area contributed by atoms with E-state index in [-0.39, 0.29) is 5.82 Å². The summed E-state index contributed by atoms with van der Waals surface area (Å²) >= 11 is 4.82. The first-order chi connectivity index (χ1) is 8.58. The smallest absolute Gasteiger partial charge is 0.130 e. The van der Waals surface area contributed by atoms with E-state index in [0.717, 1.165) is 14.3 Å². The molecule has 1 nitrogen and oxygen atoms in total. The fraction of sp³-hybridized carbons (Fsp3) is 0.143. The summed E-state index contributed by atoms with van der Waals surface area (Å²) in [5.41, 5.74) is 0.352. The molecular weight excluding hydrogens is 315 g/mol. The van der Waals surface area contributed by atoms with Gasteiger partial charge in [-0.25, -0.2) is 4.39 Å². The molecule has 0 fully saturated rings. The molecule has 2 aromatic rings. The molecule has 18 heavy (non-hydrogen) atoms. The number of halogens is 2. The molecule has 0 aliphatic rings. The Kier molecular flexibility index (Phi) is 4.43. The third-order valence-electron chi connectivity index (χ3n) is 2.47. The van der Waals surface area contributed by atoms with Gasteiger partial charge in [-0.1, -0.05) is 33.8 Å². The summed E-state index contributed by atoms with van der Waals surface area (Å²) in [6, 6.07) is 12.6. The van der Waals surface area contributed by atoms with Gasteiger partial charge in [-0.05, 0) is 43.3 Å². The van der Waals surface area contributed by atoms with Gasteiger partial charge in [0.1, 0.15) is 5.82 Å². The average molecular weight is 327 g/mol. The molecule has 1 N–H and O–H groups in total. The van der Waals surface area contributed by atoms with Crippen molar-refractivity contribution in [2.24, 2.45) is 0 Å². The molecule has 0 bridgehead atoms. The fourth-order valence-electron chi connectivity index (χ4n) is 1.64. The van der Waals surface area contributed by atoms with Crippen LogP contribution in [0.15, 0.2) is 56.7 Å². The molecule has 0 amide bonds. The molecule has 0 aromatic heterocycles. The average Bonchev–Trinajstić information content (AvgIpc) is 2.32. The van der Waals surface area contributed by atoms with Crippen LogP contribution in [0.5, 0.6) is 0 Å². The van der Waals surface area contributed by atoms with Crippen LogP contribution in [0, 0.1) is 5.82 Å². The maximum Gasteiger partial charge on any atom is 0.130 e. The third-order valence-corrected chi connectivity index (χ3v) is 4.08. The van der Waals surface area contributed by atoms with E-state index >= 15 is 0 Å². The molecule has 0 unspecified atom stereocenters. The zero-order valence-corrected chi connectivity index (χ0v) is 12.1. The molecule has 2 aromatic carbocycles. The van der Waals surface area contributed by atoms with Crippen LogP contribution in [-0.4, -0.2) is 5.11 Å². The minimum Gasteiger partial charge on any atom is -0.389 e. The number of aliphatic hydroxyl groups excluding tert-OH is 1. The second-order valence-electron chi connectivity index (χ2n) is 3.88. The minimum absolute atomic E-state index is 0.352. The zero-order chi connectivity index (χ0) is 13.1. The van der Waals surface area contributed by atoms with Crippen LogP contribution in [0.4, 0.5) is 4.39 Å². The predicted molar refractivity (Wildman–Crippen MR) is 75.3 cm³/mol. The largest absolute Gasteiger partial charge is 0.389 e. The lowest BCUT2D eigenvalue weighted by Crippen LogP contribution is -1.98. The van der Waals surface area contributed by atoms with Crippen molar-refractivity contribution in [3.05, 3.63) is 58.3 Å². The van der Waals surface area contributed by atoms with Crippen LogP contribution in [0.2, 0.25) is 0 Å². The van der Waals surface area contributed by atoms with E-state index < -0.39 is 6.10 Å². The standard InChI is InChI=1S/C14H12BrFOS/c1-9(17)14-12(16)3-2-4-13(14)18-11-7-5-10(15)6-8-11/h2-9,17H,1H3/t9-/m0/s1. The Balaban J connectivity index is 2.34. The number of rotatable bonds is 3. The van der Waals surface area contributed by atoms with Crippen LogP contribution in [0.1, 0.15) is 18.6 Å². The Labute approximate surface area is 118 Å². The number of hydrogen-bond donors (Lipinski definition) is 1. The lowest BCUT2D eigenvalue weighted by Gasteiger charge is -2.12. The van der Waals surface area contributed by atoms with Crippen LogP contribution in [-0.2, 0) is 0 Å². The molecule has 0 radical (unpaired) electrons. The minimum atomic E-state index is -0.816. The van der Waals surface area contributed by atoms with Gasteiger partial charge in [0.25, 0.3) is 0 Å². The van der Waals surface area contributed by atoms with E-state index in [1.165, 1.54) is 17.8 Å². The summed E-state index contributed by atoms with van der Waals surface area (Å²) in [5.74, 6) is -0.368. The zero-order valence-electron chi connectivity index (χ0n) is 9.73. The first-order valence-electron chi connectivity index (χ1n) is 5.48. The van der Waals surface area contributed by atoms with Crippen molar-refractivity contribution in [2.45, 2.75) is 22.8 Å². The van der Waals surface area contributed by atoms with Gasteiger partial charge >= 0.3 is 0 Å². The number of benzene rings is 2. The van der Waals surface area contributed by atoms with Gasteiger partial charge in [0.2, 0.25) is 0 Å². The summed E-state index contributed by atoms with van der Waals surface area (Å²) in [5, 5.41) is 9.65. The number of hydrogen-bond acceptors (Lipinski definition) is 2. The SMILES string of the molecule is C[C@H](O)c1c(F)cccc1Sc1ccc(Br)cc1. The Morgan fingerprint density at radius 1 is 1.17 bits per heavy atom. The molecule has 94 valence electrons. The summed E-state index contributed by atoms with van der Waals surface area (Å²) in [4.78, 5) is 1.75. The van der Waals surface area contributed by atoms with E-state index in [1.54, 1.807) is 13.0 Å². The molecule has 0 heterocycles. The second kappa shape index (κ2) is 5.87. The maximum atomic E-state index is 13.7. The van der Waals surface area contributed by atoms with Gasteiger partial charge < -0.3 is 5.11 Å². The van der Waals surface area contributed by atoms with Crippen molar-refractivity contribution in [1.82, 2.24) is 0 Å². The third kappa shape index (κ3) is 3.13. The van der Waals surface area contributed by atoms with Crippen molar-refractivity contribution in [2.75, 3.05) is 0 Å². The van der Waals surface area contributed by atoms with E-state index in [2.05, 4.69) is 15.9 Å². The monoisotopic (exact) mass is 326 g/mol. The highest BCUT2D eigenvalue weighted by Gasteiger charge is 2.14. The Morgan fingerprint density at radius 3 is 2.44 bits per heavy atom. The van der Waals surface area contributed by atoms with E-state index in [1.807, 2.05) is 30.3 Å². The molecule has 0 spiro atoms. The van der Waals surface area contributed by atoms with Gasteiger partial charge in [-0.15, -0.1) is 0 Å². The van der Waals surface area contributed by atoms with Crippen molar-refractivity contribution < 1.29 is 9.50 Å². The van der Waals surface area contributed by atoms with Crippen molar-refractivity contribution in [3.8, 4) is 0 Å². The summed E-state index contributed by atoms with van der Waals surface area (Å²) in [6.07, 6.45) is -0.816. The van der Waals surface area contributed by atoms with E-state index in [0.29, 0.717) is 5.56 Å². The van der Waals surface area contributed by atoms with Crippen LogP contribution < -0.4 is 0 Å². The second-order valence-corrected chi connectivity index (χ2v) is 5.91. The van der Waals surface area contributed by atoms with Crippen molar-refractivity contribution in [1.29, 1.82) is 0 Å². The quantitative estimate of drug-likeness (QED) is 0.874. The van der Waals surface area contributed by atoms with Crippen LogP contribution in [0.25, 0.3) is 0 Å². The first kappa shape index (κ1) is 13.6. The Hall–Kier alpha value is -0.840. The van der Waals surface area contributed by atoms with Gasteiger partial charge in [0, 0.05) is 19.8 Å². The molecule has 0 saturated heterocycles. The normalized spacial score (nSPS) is 12.4. The molecule has 0 aliphatic carbocycles. The van der Waals surface area contributed by atoms with Crippen molar-refractivity contribution >= 4 is 27.7 Å². The van der Waals surface area contributed by atoms with Crippen LogP contribution >= 0.6 is 27.7 Å². The molecule has 1 atom stereocenters. The predicted octanol–water partition coefficient (Wildman–Crippen LogP) is 4.79. The van der Waals surface area contributed by atoms with Gasteiger partial charge in [-0.3, -0.25) is 0 Å². The Bertz CT molecular complexity index is 540. The van der Waals surface area contributed by atoms with Gasteiger partial charge in [0.05, 0.1) is 6.10 Å². The summed E-state index contributed by atoms with van der Waals surface area (Å²) in [6.45, 7) is 1.57. The topological polar surface area (TPSA) is 20.2 Å². The highest BCUT2D eigenvalue weighted by molar-refractivity contribution is 9.10. The lowest BCUT2D eigenvalue weighted by atomic mass is 10.1. The van der Waals surface area contributed by atoms with E-state index in [4.69, 9.17) is 0 Å². The van der Waals surface area contributed by atoms with Gasteiger partial charge in [0.15, 0.2) is 0 Å².